The van der Waals surface area contributed by atoms with E-state index in [2.05, 4.69) is 25.8 Å². The second-order valence-electron chi connectivity index (χ2n) is 5.32. The van der Waals surface area contributed by atoms with E-state index in [-0.39, 0.29) is 12.5 Å². The van der Waals surface area contributed by atoms with Gasteiger partial charge in [0.2, 0.25) is 17.8 Å². The fourth-order valence-corrected chi connectivity index (χ4v) is 2.22. The number of furan rings is 1. The lowest BCUT2D eigenvalue weighted by atomic mass is 10.2. The highest BCUT2D eigenvalue weighted by atomic mass is 16.5. The van der Waals surface area contributed by atoms with Crippen molar-refractivity contribution in [3.05, 3.63) is 54.5 Å². The summed E-state index contributed by atoms with van der Waals surface area (Å²) in [6, 6.07) is 10.7. The van der Waals surface area contributed by atoms with Crippen molar-refractivity contribution in [2.75, 3.05) is 19.0 Å². The van der Waals surface area contributed by atoms with Crippen LogP contribution in [0.1, 0.15) is 5.76 Å². The van der Waals surface area contributed by atoms with Crippen LogP contribution in [0.4, 0.5) is 5.95 Å². The lowest BCUT2D eigenvalue weighted by molar-refractivity contribution is -0.121. The van der Waals surface area contributed by atoms with E-state index >= 15 is 0 Å². The Balaban J connectivity index is 1.53. The van der Waals surface area contributed by atoms with E-state index in [1.807, 2.05) is 18.2 Å². The van der Waals surface area contributed by atoms with E-state index in [1.54, 1.807) is 25.3 Å². The molecule has 9 nitrogen and oxygen atoms in total. The number of rotatable bonds is 7. The van der Waals surface area contributed by atoms with Gasteiger partial charge >= 0.3 is 0 Å². The monoisotopic (exact) mass is 367 g/mol. The zero-order valence-corrected chi connectivity index (χ0v) is 14.4. The molecule has 0 bridgehead atoms. The van der Waals surface area contributed by atoms with Crippen LogP contribution in [0.3, 0.4) is 0 Å². The summed E-state index contributed by atoms with van der Waals surface area (Å²) >= 11 is 0. The molecule has 0 aliphatic heterocycles. The SMILES string of the molecule is COc1ccccc1-c1nc(NC(=O)CNC(=O)/C=C\c2ccco2)n[nH]1. The van der Waals surface area contributed by atoms with Crippen molar-refractivity contribution in [2.24, 2.45) is 0 Å². The zero-order valence-electron chi connectivity index (χ0n) is 14.4. The number of methoxy groups -OCH3 is 1. The molecule has 3 aromatic rings. The van der Waals surface area contributed by atoms with Crippen LogP contribution >= 0.6 is 0 Å². The molecule has 3 rings (SSSR count). The average Bonchev–Trinajstić information content (AvgIpc) is 3.36. The van der Waals surface area contributed by atoms with Crippen LogP contribution in [-0.2, 0) is 9.59 Å². The maximum atomic E-state index is 11.9. The highest BCUT2D eigenvalue weighted by Gasteiger charge is 2.12. The molecule has 0 atom stereocenters. The summed E-state index contributed by atoms with van der Waals surface area (Å²) in [6.45, 7) is -0.222. The molecule has 0 radical (unpaired) electrons. The van der Waals surface area contributed by atoms with Gasteiger partial charge in [-0.25, -0.2) is 0 Å². The standard InChI is InChI=1S/C18H17N5O4/c1-26-14-7-3-2-6-13(14)17-21-18(23-22-17)20-16(25)11-19-15(24)9-8-12-5-4-10-27-12/h2-10H,11H2,1H3,(H,19,24)(H2,20,21,22,23,25)/b9-8-. The summed E-state index contributed by atoms with van der Waals surface area (Å²) in [5, 5.41) is 11.6. The van der Waals surface area contributed by atoms with Gasteiger partial charge in [-0.3, -0.25) is 20.0 Å². The van der Waals surface area contributed by atoms with E-state index in [9.17, 15) is 9.59 Å². The van der Waals surface area contributed by atoms with Crippen LogP contribution in [0.25, 0.3) is 17.5 Å². The van der Waals surface area contributed by atoms with E-state index in [4.69, 9.17) is 9.15 Å². The molecule has 1 aromatic carbocycles. The third kappa shape index (κ3) is 4.82. The molecule has 2 heterocycles. The van der Waals surface area contributed by atoms with Gasteiger partial charge in [0.1, 0.15) is 11.5 Å². The number of para-hydroxylation sites is 1. The second-order valence-corrected chi connectivity index (χ2v) is 5.32. The third-order valence-electron chi connectivity index (χ3n) is 3.46. The number of ether oxygens (including phenoxy) is 1. The first-order valence-corrected chi connectivity index (χ1v) is 8.01. The number of hydrogen-bond acceptors (Lipinski definition) is 6. The number of nitrogens with one attached hydrogen (secondary N) is 3. The topological polar surface area (TPSA) is 122 Å². The highest BCUT2D eigenvalue weighted by molar-refractivity contribution is 5.97. The van der Waals surface area contributed by atoms with Crippen molar-refractivity contribution in [2.45, 2.75) is 0 Å². The maximum absolute atomic E-state index is 11.9. The summed E-state index contributed by atoms with van der Waals surface area (Å²) in [6.07, 6.45) is 4.28. The largest absolute Gasteiger partial charge is 0.496 e. The van der Waals surface area contributed by atoms with E-state index in [1.165, 1.54) is 18.4 Å². The Hall–Kier alpha value is -3.88. The van der Waals surface area contributed by atoms with Crippen molar-refractivity contribution in [3.8, 4) is 17.1 Å². The molecule has 0 aliphatic rings. The lowest BCUT2D eigenvalue weighted by Crippen LogP contribution is -2.32. The number of hydrogen-bond donors (Lipinski definition) is 3. The molecule has 27 heavy (non-hydrogen) atoms. The molecule has 0 saturated heterocycles. The molecule has 0 saturated carbocycles. The number of H-pyrrole nitrogens is 1. The Bertz CT molecular complexity index is 946. The van der Waals surface area contributed by atoms with Gasteiger partial charge in [-0.15, -0.1) is 5.10 Å². The normalized spacial score (nSPS) is 10.7. The molecule has 9 heteroatoms. The van der Waals surface area contributed by atoms with Crippen LogP contribution in [0, 0.1) is 0 Å². The Kier molecular flexibility index (Phi) is 5.63. The quantitative estimate of drug-likeness (QED) is 0.548. The number of amides is 2. The Morgan fingerprint density at radius 3 is 2.89 bits per heavy atom. The fourth-order valence-electron chi connectivity index (χ4n) is 2.22. The van der Waals surface area contributed by atoms with Gasteiger partial charge in [-0.2, -0.15) is 4.98 Å². The third-order valence-corrected chi connectivity index (χ3v) is 3.46. The first kappa shape index (κ1) is 17.9. The van der Waals surface area contributed by atoms with Gasteiger partial charge in [0.25, 0.3) is 0 Å². The van der Waals surface area contributed by atoms with E-state index in [0.717, 1.165) is 0 Å². The van der Waals surface area contributed by atoms with Crippen molar-refractivity contribution in [3.63, 3.8) is 0 Å². The van der Waals surface area contributed by atoms with Gasteiger partial charge in [0, 0.05) is 6.08 Å². The predicted octanol–water partition coefficient (Wildman–Crippen LogP) is 1.84. The van der Waals surface area contributed by atoms with Crippen LogP contribution in [0.15, 0.2) is 53.2 Å². The Morgan fingerprint density at radius 2 is 2.11 bits per heavy atom. The second kappa shape index (κ2) is 8.48. The predicted molar refractivity (Wildman–Crippen MR) is 97.8 cm³/mol. The molecule has 2 amide bonds. The van der Waals surface area contributed by atoms with Crippen LogP contribution in [0.2, 0.25) is 0 Å². The zero-order chi connectivity index (χ0) is 19.1. The van der Waals surface area contributed by atoms with Crippen LogP contribution in [-0.4, -0.2) is 40.7 Å². The fraction of sp³-hybridized carbons (Fsp3) is 0.111. The molecule has 0 spiro atoms. The molecule has 3 N–H and O–H groups in total. The number of benzene rings is 1. The van der Waals surface area contributed by atoms with E-state index in [0.29, 0.717) is 22.9 Å². The Labute approximate surface area is 154 Å². The Morgan fingerprint density at radius 1 is 1.26 bits per heavy atom. The molecule has 0 unspecified atom stereocenters. The number of carbonyl (C=O) groups is 2. The van der Waals surface area contributed by atoms with Gasteiger partial charge in [0.15, 0.2) is 5.82 Å². The van der Waals surface area contributed by atoms with E-state index < -0.39 is 11.8 Å². The molecule has 2 aromatic heterocycles. The maximum Gasteiger partial charge on any atom is 0.249 e. The highest BCUT2D eigenvalue weighted by Crippen LogP contribution is 2.26. The first-order valence-electron chi connectivity index (χ1n) is 8.01. The van der Waals surface area contributed by atoms with Gasteiger partial charge in [0.05, 0.1) is 25.5 Å². The molecular formula is C18H17N5O4. The summed E-state index contributed by atoms with van der Waals surface area (Å²) in [4.78, 5) is 27.8. The lowest BCUT2D eigenvalue weighted by Gasteiger charge is -2.04. The summed E-state index contributed by atoms with van der Waals surface area (Å²) in [7, 11) is 1.56. The number of nitrogens with zero attached hydrogens (tertiary/aromatic N) is 2. The van der Waals surface area contributed by atoms with Gasteiger partial charge in [-0.1, -0.05) is 12.1 Å². The summed E-state index contributed by atoms with van der Waals surface area (Å²) < 4.78 is 10.3. The molecule has 138 valence electrons. The van der Waals surface area contributed by atoms with Crippen molar-refractivity contribution < 1.29 is 18.7 Å². The number of carbonyl (C=O) groups excluding carboxylic acids is 2. The van der Waals surface area contributed by atoms with Crippen LogP contribution in [0.5, 0.6) is 5.75 Å². The minimum absolute atomic E-state index is 0.0984. The number of anilines is 1. The average molecular weight is 367 g/mol. The number of aromatic nitrogens is 3. The van der Waals surface area contributed by atoms with Crippen LogP contribution < -0.4 is 15.4 Å². The summed E-state index contributed by atoms with van der Waals surface area (Å²) in [5.74, 6) is 0.836. The number of aromatic amines is 1. The van der Waals surface area contributed by atoms with Crippen molar-refractivity contribution in [1.29, 1.82) is 0 Å². The molecular weight excluding hydrogens is 350 g/mol. The van der Waals surface area contributed by atoms with Gasteiger partial charge in [-0.05, 0) is 30.3 Å². The minimum Gasteiger partial charge on any atom is -0.496 e. The first-order chi connectivity index (χ1) is 13.2. The molecule has 0 aliphatic carbocycles. The molecule has 0 fully saturated rings. The van der Waals surface area contributed by atoms with Crippen molar-refractivity contribution >= 4 is 23.8 Å². The smallest absolute Gasteiger partial charge is 0.249 e. The summed E-state index contributed by atoms with van der Waals surface area (Å²) in [5.41, 5.74) is 0.712. The minimum atomic E-state index is -0.458. The van der Waals surface area contributed by atoms with Crippen molar-refractivity contribution in [1.82, 2.24) is 20.5 Å². The van der Waals surface area contributed by atoms with Gasteiger partial charge < -0.3 is 14.5 Å².